The summed E-state index contributed by atoms with van der Waals surface area (Å²) in [7, 11) is 1.83. The molecule has 0 bridgehead atoms. The van der Waals surface area contributed by atoms with Crippen LogP contribution in [0.5, 0.6) is 0 Å². The van der Waals surface area contributed by atoms with E-state index in [1.54, 1.807) is 0 Å². The Morgan fingerprint density at radius 2 is 1.56 bits per heavy atom. The van der Waals surface area contributed by atoms with Crippen molar-refractivity contribution in [2.45, 2.75) is 85.0 Å². The lowest BCUT2D eigenvalue weighted by Crippen LogP contribution is -2.50. The summed E-state index contributed by atoms with van der Waals surface area (Å²) in [6.45, 7) is 11.0. The zero-order valence-corrected chi connectivity index (χ0v) is 21.0. The maximum atomic E-state index is 12.5. The van der Waals surface area contributed by atoms with Gasteiger partial charge >= 0.3 is 0 Å². The molecule has 0 unspecified atom stereocenters. The van der Waals surface area contributed by atoms with Crippen molar-refractivity contribution in [2.24, 2.45) is 16.3 Å². The largest absolute Gasteiger partial charge is 0.356 e. The molecule has 2 aliphatic rings. The number of carbonyl (C=O) groups is 2. The van der Waals surface area contributed by atoms with E-state index in [-0.39, 0.29) is 11.8 Å². The van der Waals surface area contributed by atoms with Gasteiger partial charge in [-0.15, -0.1) is 0 Å². The summed E-state index contributed by atoms with van der Waals surface area (Å²) in [5.74, 6) is 1.73. The molecule has 1 aliphatic heterocycles. The summed E-state index contributed by atoms with van der Waals surface area (Å²) in [5, 5.41) is 6.95. The monoisotopic (exact) mass is 449 g/mol. The molecule has 1 heterocycles. The minimum absolute atomic E-state index is 0.220. The number of hydrogen-bond donors (Lipinski definition) is 2. The second kappa shape index (κ2) is 13.7. The molecule has 184 valence electrons. The summed E-state index contributed by atoms with van der Waals surface area (Å²) in [6, 6.07) is 0. The van der Waals surface area contributed by atoms with E-state index < -0.39 is 0 Å². The lowest BCUT2D eigenvalue weighted by atomic mass is 9.83. The van der Waals surface area contributed by atoms with E-state index in [1.807, 2.05) is 16.8 Å². The highest BCUT2D eigenvalue weighted by Gasteiger charge is 2.31. The maximum Gasteiger partial charge on any atom is 0.222 e. The van der Waals surface area contributed by atoms with Crippen LogP contribution in [0.3, 0.4) is 0 Å². The molecule has 2 amide bonds. The summed E-state index contributed by atoms with van der Waals surface area (Å²) in [6.07, 6.45) is 10.8. The van der Waals surface area contributed by atoms with Gasteiger partial charge in [-0.3, -0.25) is 14.6 Å². The van der Waals surface area contributed by atoms with Crippen LogP contribution < -0.4 is 10.6 Å². The topological polar surface area (TPSA) is 77.0 Å². The minimum Gasteiger partial charge on any atom is -0.356 e. The molecule has 7 nitrogen and oxygen atoms in total. The van der Waals surface area contributed by atoms with E-state index >= 15 is 0 Å². The van der Waals surface area contributed by atoms with E-state index in [2.05, 4.69) is 36.4 Å². The molecule has 0 spiro atoms. The number of amides is 2. The van der Waals surface area contributed by atoms with E-state index in [1.165, 1.54) is 32.1 Å². The van der Waals surface area contributed by atoms with Crippen LogP contribution in [-0.2, 0) is 9.59 Å². The van der Waals surface area contributed by atoms with Gasteiger partial charge in [0.2, 0.25) is 11.8 Å². The highest BCUT2D eigenvalue weighted by Crippen LogP contribution is 2.40. The van der Waals surface area contributed by atoms with Gasteiger partial charge in [0.05, 0.1) is 0 Å². The smallest absolute Gasteiger partial charge is 0.222 e. The average molecular weight is 450 g/mol. The Kier molecular flexibility index (Phi) is 11.3. The number of piperazine rings is 1. The van der Waals surface area contributed by atoms with Crippen LogP contribution in [0.1, 0.15) is 85.0 Å². The summed E-state index contributed by atoms with van der Waals surface area (Å²) in [5.41, 5.74) is 0.450. The Morgan fingerprint density at radius 3 is 2.12 bits per heavy atom. The molecule has 32 heavy (non-hydrogen) atoms. The molecule has 1 saturated carbocycles. The fraction of sp³-hybridized carbons (Fsp3) is 0.880. The first kappa shape index (κ1) is 26.5. The maximum absolute atomic E-state index is 12.5. The van der Waals surface area contributed by atoms with Crippen LogP contribution in [0.4, 0.5) is 0 Å². The Morgan fingerprint density at radius 1 is 0.938 bits per heavy atom. The number of aliphatic imine (C=N–C) groups is 1. The van der Waals surface area contributed by atoms with Gasteiger partial charge in [0, 0.05) is 59.2 Å². The van der Waals surface area contributed by atoms with Crippen molar-refractivity contribution in [1.82, 2.24) is 20.4 Å². The quantitative estimate of drug-likeness (QED) is 0.288. The number of rotatable bonds is 11. The fourth-order valence-corrected chi connectivity index (χ4v) is 4.90. The molecule has 0 aromatic rings. The van der Waals surface area contributed by atoms with Crippen molar-refractivity contribution in [2.75, 3.05) is 46.3 Å². The lowest BCUT2D eigenvalue weighted by molar-refractivity contribution is -0.140. The van der Waals surface area contributed by atoms with Gasteiger partial charge < -0.3 is 20.4 Å². The third kappa shape index (κ3) is 8.62. The predicted octanol–water partition coefficient (Wildman–Crippen LogP) is 3.40. The number of hydrogen-bond acceptors (Lipinski definition) is 3. The van der Waals surface area contributed by atoms with Crippen molar-refractivity contribution < 1.29 is 9.59 Å². The highest BCUT2D eigenvalue weighted by atomic mass is 16.2. The van der Waals surface area contributed by atoms with Crippen LogP contribution in [0.25, 0.3) is 0 Å². The molecule has 0 aromatic heterocycles. The molecule has 7 heteroatoms. The SMILES string of the molecule is CCC1(CNC(=NC)NCCCCCC(=O)N2CCN(C(=O)CC(C)C)CC2)CCCC1. The minimum atomic E-state index is 0.220. The third-order valence-electron chi connectivity index (χ3n) is 7.20. The first-order valence-electron chi connectivity index (χ1n) is 12.9. The third-order valence-corrected chi connectivity index (χ3v) is 7.20. The van der Waals surface area contributed by atoms with Gasteiger partial charge in [0.1, 0.15) is 0 Å². The Balaban J connectivity index is 1.54. The van der Waals surface area contributed by atoms with Gasteiger partial charge in [-0.05, 0) is 43.4 Å². The van der Waals surface area contributed by atoms with Gasteiger partial charge in [-0.25, -0.2) is 0 Å². The Hall–Kier alpha value is -1.79. The molecule has 2 rings (SSSR count). The number of carbonyl (C=O) groups excluding carboxylic acids is 2. The summed E-state index contributed by atoms with van der Waals surface area (Å²) in [4.78, 5) is 32.9. The fourth-order valence-electron chi connectivity index (χ4n) is 4.90. The lowest BCUT2D eigenvalue weighted by Gasteiger charge is -2.35. The Labute approximate surface area is 195 Å². The number of nitrogens with zero attached hydrogens (tertiary/aromatic N) is 3. The van der Waals surface area contributed by atoms with Crippen LogP contribution in [0.15, 0.2) is 4.99 Å². The molecular formula is C25H47N5O2. The summed E-state index contributed by atoms with van der Waals surface area (Å²) >= 11 is 0. The molecule has 0 radical (unpaired) electrons. The molecule has 1 saturated heterocycles. The van der Waals surface area contributed by atoms with Crippen LogP contribution >= 0.6 is 0 Å². The van der Waals surface area contributed by atoms with E-state index in [0.717, 1.165) is 38.3 Å². The second-order valence-corrected chi connectivity index (χ2v) is 10.1. The highest BCUT2D eigenvalue weighted by molar-refractivity contribution is 5.79. The van der Waals surface area contributed by atoms with Crippen molar-refractivity contribution in [3.63, 3.8) is 0 Å². The summed E-state index contributed by atoms with van der Waals surface area (Å²) < 4.78 is 0. The first-order valence-corrected chi connectivity index (χ1v) is 12.9. The number of nitrogens with one attached hydrogen (secondary N) is 2. The zero-order valence-electron chi connectivity index (χ0n) is 21.0. The number of guanidine groups is 1. The van der Waals surface area contributed by atoms with Crippen LogP contribution in [0.2, 0.25) is 0 Å². The molecule has 1 aliphatic carbocycles. The van der Waals surface area contributed by atoms with Crippen molar-refractivity contribution >= 4 is 17.8 Å². The molecule has 0 atom stereocenters. The van der Waals surface area contributed by atoms with Gasteiger partial charge in [0.15, 0.2) is 5.96 Å². The Bertz CT molecular complexity index is 605. The van der Waals surface area contributed by atoms with Crippen LogP contribution in [-0.4, -0.2) is 73.9 Å². The molecule has 2 fully saturated rings. The van der Waals surface area contributed by atoms with E-state index in [0.29, 0.717) is 50.4 Å². The van der Waals surface area contributed by atoms with Crippen molar-refractivity contribution in [3.05, 3.63) is 0 Å². The van der Waals surface area contributed by atoms with Gasteiger partial charge in [-0.1, -0.05) is 40.0 Å². The van der Waals surface area contributed by atoms with Crippen molar-refractivity contribution in [3.8, 4) is 0 Å². The molecular weight excluding hydrogens is 402 g/mol. The molecule has 0 aromatic carbocycles. The average Bonchev–Trinajstić information content (AvgIpc) is 3.27. The predicted molar refractivity (Wildman–Crippen MR) is 132 cm³/mol. The zero-order chi connectivity index (χ0) is 23.4. The van der Waals surface area contributed by atoms with Crippen LogP contribution in [0, 0.1) is 11.3 Å². The van der Waals surface area contributed by atoms with E-state index in [4.69, 9.17) is 0 Å². The standard InChI is InChI=1S/C25H47N5O2/c1-5-25(12-8-9-13-25)20-28-24(26-4)27-14-10-6-7-11-22(31)29-15-17-30(18-16-29)23(32)19-21(2)3/h21H,5-20H2,1-4H3,(H2,26,27,28). The van der Waals surface area contributed by atoms with Gasteiger partial charge in [-0.2, -0.15) is 0 Å². The second-order valence-electron chi connectivity index (χ2n) is 10.1. The molecule has 2 N–H and O–H groups in total. The van der Waals surface area contributed by atoms with E-state index in [9.17, 15) is 9.59 Å². The first-order chi connectivity index (χ1) is 15.4. The normalized spacial score (nSPS) is 18.8. The number of unbranched alkanes of at least 4 members (excludes halogenated alkanes) is 2. The van der Waals surface area contributed by atoms with Crippen molar-refractivity contribution in [1.29, 1.82) is 0 Å². The van der Waals surface area contributed by atoms with Gasteiger partial charge in [0.25, 0.3) is 0 Å².